The summed E-state index contributed by atoms with van der Waals surface area (Å²) >= 11 is 0. The maximum absolute atomic E-state index is 12.4. The Balaban J connectivity index is 1.51. The summed E-state index contributed by atoms with van der Waals surface area (Å²) in [6.07, 6.45) is 4.04. The van der Waals surface area contributed by atoms with Crippen molar-refractivity contribution >= 4 is 17.3 Å². The van der Waals surface area contributed by atoms with Gasteiger partial charge in [0.25, 0.3) is 5.56 Å². The van der Waals surface area contributed by atoms with E-state index in [1.54, 1.807) is 18.2 Å². The Morgan fingerprint density at radius 3 is 2.51 bits per heavy atom. The van der Waals surface area contributed by atoms with Gasteiger partial charge in [-0.1, -0.05) is 38.0 Å². The highest BCUT2D eigenvalue weighted by atomic mass is 16.3. The summed E-state index contributed by atoms with van der Waals surface area (Å²) in [5.74, 6) is -0.157. The van der Waals surface area contributed by atoms with Crippen LogP contribution in [-0.2, 0) is 17.9 Å². The van der Waals surface area contributed by atoms with Crippen LogP contribution in [0.3, 0.4) is 0 Å². The van der Waals surface area contributed by atoms with E-state index in [0.29, 0.717) is 23.5 Å². The SMILES string of the molecule is CCN(CCCCCCn1nc(-c2cc(NC(C)=O)ccc2O)ccc1=O)Cc1ccccc1N(C)C. The zero-order valence-electron chi connectivity index (χ0n) is 22.4. The third kappa shape index (κ3) is 8.18. The topological polar surface area (TPSA) is 90.7 Å². The third-order valence-corrected chi connectivity index (χ3v) is 6.37. The molecule has 8 nitrogen and oxygen atoms in total. The fourth-order valence-corrected chi connectivity index (χ4v) is 4.40. The summed E-state index contributed by atoms with van der Waals surface area (Å²) in [6, 6.07) is 16.4. The first-order valence-electron chi connectivity index (χ1n) is 12.9. The second-order valence-corrected chi connectivity index (χ2v) is 9.50. The zero-order valence-corrected chi connectivity index (χ0v) is 22.4. The molecule has 0 bridgehead atoms. The van der Waals surface area contributed by atoms with Crippen molar-refractivity contribution in [1.29, 1.82) is 0 Å². The summed E-state index contributed by atoms with van der Waals surface area (Å²) in [5.41, 5.74) is 3.95. The molecule has 1 aromatic heterocycles. The van der Waals surface area contributed by atoms with Crippen LogP contribution in [0.4, 0.5) is 11.4 Å². The van der Waals surface area contributed by atoms with Gasteiger partial charge in [-0.2, -0.15) is 5.10 Å². The molecule has 0 aliphatic heterocycles. The van der Waals surface area contributed by atoms with Gasteiger partial charge in [-0.15, -0.1) is 0 Å². The monoisotopic (exact) mass is 505 g/mol. The highest BCUT2D eigenvalue weighted by Gasteiger charge is 2.11. The van der Waals surface area contributed by atoms with Gasteiger partial charge in [0.1, 0.15) is 5.75 Å². The minimum Gasteiger partial charge on any atom is -0.507 e. The molecule has 2 aromatic carbocycles. The highest BCUT2D eigenvalue weighted by molar-refractivity contribution is 5.90. The number of aromatic nitrogens is 2. The number of nitrogens with zero attached hydrogens (tertiary/aromatic N) is 4. The molecule has 37 heavy (non-hydrogen) atoms. The molecule has 2 N–H and O–H groups in total. The molecule has 0 saturated carbocycles. The average Bonchev–Trinajstić information content (AvgIpc) is 2.87. The molecule has 0 radical (unpaired) electrons. The maximum atomic E-state index is 12.4. The maximum Gasteiger partial charge on any atom is 0.266 e. The van der Waals surface area contributed by atoms with E-state index in [1.807, 2.05) is 0 Å². The van der Waals surface area contributed by atoms with Crippen molar-refractivity contribution in [3.05, 3.63) is 70.5 Å². The molecule has 1 heterocycles. The van der Waals surface area contributed by atoms with Crippen molar-refractivity contribution in [2.75, 3.05) is 37.4 Å². The number of para-hydroxylation sites is 1. The number of anilines is 2. The molecule has 0 atom stereocenters. The van der Waals surface area contributed by atoms with Gasteiger partial charge in [0.15, 0.2) is 0 Å². The number of rotatable bonds is 13. The molecule has 3 aromatic rings. The number of aryl methyl sites for hydroxylation is 1. The lowest BCUT2D eigenvalue weighted by Crippen LogP contribution is -2.25. The van der Waals surface area contributed by atoms with Crippen molar-refractivity contribution < 1.29 is 9.90 Å². The van der Waals surface area contributed by atoms with Crippen molar-refractivity contribution in [2.45, 2.75) is 52.6 Å². The summed E-state index contributed by atoms with van der Waals surface area (Å²) < 4.78 is 1.45. The highest BCUT2D eigenvalue weighted by Crippen LogP contribution is 2.30. The predicted molar refractivity (Wildman–Crippen MR) is 150 cm³/mol. The first kappa shape index (κ1) is 27.9. The fourth-order valence-electron chi connectivity index (χ4n) is 4.40. The Kier molecular flexibility index (Phi) is 10.3. The van der Waals surface area contributed by atoms with Crippen LogP contribution in [0.25, 0.3) is 11.3 Å². The summed E-state index contributed by atoms with van der Waals surface area (Å²) in [7, 11) is 4.16. The molecule has 0 aliphatic carbocycles. The van der Waals surface area contributed by atoms with Crippen LogP contribution >= 0.6 is 0 Å². The smallest absolute Gasteiger partial charge is 0.266 e. The number of nitrogens with one attached hydrogen (secondary N) is 1. The molecule has 198 valence electrons. The van der Waals surface area contributed by atoms with Crippen molar-refractivity contribution in [3.63, 3.8) is 0 Å². The standard InChI is InChI=1S/C29H39N5O3/c1-5-33(21-23-12-8-9-13-27(23)32(3)4)18-10-6-7-11-19-34-29(37)17-15-26(31-34)25-20-24(30-22(2)35)14-16-28(25)36/h8-9,12-17,20,36H,5-7,10-11,18-19,21H2,1-4H3,(H,30,35). The van der Waals surface area contributed by atoms with Crippen molar-refractivity contribution in [3.8, 4) is 17.0 Å². The van der Waals surface area contributed by atoms with Crippen LogP contribution in [0.5, 0.6) is 5.75 Å². The van der Waals surface area contributed by atoms with Crippen molar-refractivity contribution in [2.24, 2.45) is 0 Å². The number of phenolic OH excluding ortho intramolecular Hbond substituents is 1. The lowest BCUT2D eigenvalue weighted by molar-refractivity contribution is -0.114. The number of hydrogen-bond donors (Lipinski definition) is 2. The molecule has 0 spiro atoms. The Labute approximate surface area is 219 Å². The van der Waals surface area contributed by atoms with Gasteiger partial charge < -0.3 is 15.3 Å². The van der Waals surface area contributed by atoms with E-state index >= 15 is 0 Å². The first-order valence-corrected chi connectivity index (χ1v) is 12.9. The Hall–Kier alpha value is -3.65. The largest absolute Gasteiger partial charge is 0.507 e. The van der Waals surface area contributed by atoms with Gasteiger partial charge in [0.2, 0.25) is 5.91 Å². The number of aromatic hydroxyl groups is 1. The number of carbonyl (C=O) groups excluding carboxylic acids is 1. The van der Waals surface area contributed by atoms with E-state index in [4.69, 9.17) is 0 Å². The van der Waals surface area contributed by atoms with Gasteiger partial charge in [-0.3, -0.25) is 14.5 Å². The summed E-state index contributed by atoms with van der Waals surface area (Å²) in [4.78, 5) is 28.4. The Bertz CT molecular complexity index is 1240. The van der Waals surface area contributed by atoms with Gasteiger partial charge in [-0.25, -0.2) is 4.68 Å². The van der Waals surface area contributed by atoms with Gasteiger partial charge in [0.05, 0.1) is 5.69 Å². The lowest BCUT2D eigenvalue weighted by Gasteiger charge is -2.24. The zero-order chi connectivity index (χ0) is 26.8. The fraction of sp³-hybridized carbons (Fsp3) is 0.414. The molecule has 0 saturated heterocycles. The molecule has 1 amide bonds. The van der Waals surface area contributed by atoms with E-state index in [-0.39, 0.29) is 17.2 Å². The van der Waals surface area contributed by atoms with Crippen LogP contribution in [0.15, 0.2) is 59.4 Å². The van der Waals surface area contributed by atoms with E-state index in [1.165, 1.54) is 35.0 Å². The minimum absolute atomic E-state index is 0.0421. The molecule has 3 rings (SSSR count). The lowest BCUT2D eigenvalue weighted by atomic mass is 10.1. The minimum atomic E-state index is -0.199. The third-order valence-electron chi connectivity index (χ3n) is 6.37. The number of hydrogen-bond acceptors (Lipinski definition) is 6. The quantitative estimate of drug-likeness (QED) is 0.258. The van der Waals surface area contributed by atoms with Crippen LogP contribution in [0.2, 0.25) is 0 Å². The molecule has 0 unspecified atom stereocenters. The average molecular weight is 506 g/mol. The second-order valence-electron chi connectivity index (χ2n) is 9.50. The molecule has 0 fully saturated rings. The van der Waals surface area contributed by atoms with E-state index in [9.17, 15) is 14.7 Å². The van der Waals surface area contributed by atoms with Crippen molar-refractivity contribution in [1.82, 2.24) is 14.7 Å². The Morgan fingerprint density at radius 1 is 1.03 bits per heavy atom. The summed E-state index contributed by atoms with van der Waals surface area (Å²) in [5, 5.41) is 17.5. The van der Waals surface area contributed by atoms with E-state index in [2.05, 4.69) is 65.5 Å². The van der Waals surface area contributed by atoms with Crippen LogP contribution in [0.1, 0.15) is 45.1 Å². The number of amides is 1. The van der Waals surface area contributed by atoms with E-state index in [0.717, 1.165) is 45.3 Å². The molecule has 0 aliphatic rings. The number of unbranched alkanes of at least 4 members (excludes halogenated alkanes) is 3. The number of phenols is 1. The predicted octanol–water partition coefficient (Wildman–Crippen LogP) is 4.72. The van der Waals surface area contributed by atoms with Crippen LogP contribution in [0, 0.1) is 0 Å². The molecule has 8 heteroatoms. The van der Waals surface area contributed by atoms with Crippen LogP contribution in [-0.4, -0.2) is 52.9 Å². The number of benzene rings is 2. The molecular weight excluding hydrogens is 466 g/mol. The second kappa shape index (κ2) is 13.6. The summed E-state index contributed by atoms with van der Waals surface area (Å²) in [6.45, 7) is 7.13. The van der Waals surface area contributed by atoms with E-state index < -0.39 is 0 Å². The van der Waals surface area contributed by atoms with Gasteiger partial charge in [-0.05, 0) is 61.8 Å². The first-order chi connectivity index (χ1) is 17.8. The Morgan fingerprint density at radius 2 is 1.78 bits per heavy atom. The normalized spacial score (nSPS) is 11.1. The molecular formula is C29H39N5O3. The number of carbonyl (C=O) groups is 1. The van der Waals surface area contributed by atoms with Gasteiger partial charge >= 0.3 is 0 Å². The van der Waals surface area contributed by atoms with Gasteiger partial charge in [0, 0.05) is 57.1 Å². The van der Waals surface area contributed by atoms with Crippen LogP contribution < -0.4 is 15.8 Å².